The van der Waals surface area contributed by atoms with Gasteiger partial charge in [0, 0.05) is 6.42 Å². The zero-order chi connectivity index (χ0) is 8.10. The summed E-state index contributed by atoms with van der Waals surface area (Å²) in [6.45, 7) is 2.07. The van der Waals surface area contributed by atoms with Crippen molar-refractivity contribution in [3.05, 3.63) is 18.2 Å². The predicted octanol–water partition coefficient (Wildman–Crippen LogP) is 2.20. The van der Waals surface area contributed by atoms with Crippen LogP contribution in [0.15, 0.2) is 12.5 Å². The van der Waals surface area contributed by atoms with E-state index in [9.17, 15) is 4.79 Å². The summed E-state index contributed by atoms with van der Waals surface area (Å²) < 4.78 is 0. The fraction of sp³-hybridized carbons (Fsp3) is 0.500. The summed E-state index contributed by atoms with van der Waals surface area (Å²) in [5.74, 6) is 0.157. The Kier molecular flexibility index (Phi) is 5.37. The summed E-state index contributed by atoms with van der Waals surface area (Å²) in [5.41, 5.74) is 0.624. The number of aromatic nitrogens is 2. The van der Waals surface area contributed by atoms with Gasteiger partial charge < -0.3 is 4.98 Å². The lowest BCUT2D eigenvalue weighted by atomic mass is 10.1. The van der Waals surface area contributed by atoms with Crippen LogP contribution < -0.4 is 0 Å². The molecule has 0 saturated heterocycles. The van der Waals surface area contributed by atoms with Crippen molar-refractivity contribution in [3.8, 4) is 0 Å². The maximum absolute atomic E-state index is 11.2. The molecule has 1 aromatic rings. The molecule has 0 atom stereocenters. The first-order valence-corrected chi connectivity index (χ1v) is 3.86. The molecule has 12 heavy (non-hydrogen) atoms. The molecule has 0 spiro atoms. The van der Waals surface area contributed by atoms with E-state index in [2.05, 4.69) is 16.9 Å². The quantitative estimate of drug-likeness (QED) is 0.737. The summed E-state index contributed by atoms with van der Waals surface area (Å²) in [6.07, 6.45) is 5.73. The molecule has 1 heterocycles. The number of hydrogen-bond acceptors (Lipinski definition) is 2. The average molecular weight is 189 g/mol. The molecule has 0 aromatic carbocycles. The number of H-pyrrole nitrogens is 1. The molecule has 1 aromatic heterocycles. The molecule has 0 saturated carbocycles. The molecule has 0 aliphatic rings. The minimum atomic E-state index is 0. The number of Topliss-reactive ketones (excluding diaryl/α,β-unsaturated/α-hetero) is 1. The molecule has 0 aliphatic heterocycles. The largest absolute Gasteiger partial charge is 0.342 e. The Morgan fingerprint density at radius 3 is 2.92 bits per heavy atom. The SMILES string of the molecule is CCCCC(=O)c1cnc[nH]1.Cl. The monoisotopic (exact) mass is 188 g/mol. The van der Waals surface area contributed by atoms with Gasteiger partial charge in [-0.25, -0.2) is 4.98 Å². The van der Waals surface area contributed by atoms with Gasteiger partial charge in [-0.2, -0.15) is 0 Å². The van der Waals surface area contributed by atoms with Crippen molar-refractivity contribution in [2.75, 3.05) is 0 Å². The highest BCUT2D eigenvalue weighted by Gasteiger charge is 2.04. The van der Waals surface area contributed by atoms with Crippen LogP contribution in [0.1, 0.15) is 36.7 Å². The van der Waals surface area contributed by atoms with E-state index in [4.69, 9.17) is 0 Å². The highest BCUT2D eigenvalue weighted by molar-refractivity contribution is 5.93. The zero-order valence-electron chi connectivity index (χ0n) is 7.04. The molecule has 0 radical (unpaired) electrons. The van der Waals surface area contributed by atoms with Gasteiger partial charge >= 0.3 is 0 Å². The first-order chi connectivity index (χ1) is 5.34. The van der Waals surface area contributed by atoms with Crippen molar-refractivity contribution in [1.82, 2.24) is 9.97 Å². The van der Waals surface area contributed by atoms with Gasteiger partial charge in [-0.05, 0) is 6.42 Å². The van der Waals surface area contributed by atoms with E-state index < -0.39 is 0 Å². The first-order valence-electron chi connectivity index (χ1n) is 3.86. The highest BCUT2D eigenvalue weighted by Crippen LogP contribution is 2.02. The van der Waals surface area contributed by atoms with Gasteiger partial charge in [0.25, 0.3) is 0 Å². The molecule has 68 valence electrons. The van der Waals surface area contributed by atoms with E-state index >= 15 is 0 Å². The number of nitrogens with zero attached hydrogens (tertiary/aromatic N) is 1. The third-order valence-electron chi connectivity index (χ3n) is 1.56. The highest BCUT2D eigenvalue weighted by atomic mass is 35.5. The van der Waals surface area contributed by atoms with Crippen LogP contribution in [-0.2, 0) is 0 Å². The van der Waals surface area contributed by atoms with Crippen LogP contribution in [0.25, 0.3) is 0 Å². The van der Waals surface area contributed by atoms with E-state index in [1.165, 1.54) is 6.33 Å². The Morgan fingerprint density at radius 2 is 2.42 bits per heavy atom. The number of imidazole rings is 1. The summed E-state index contributed by atoms with van der Waals surface area (Å²) in [4.78, 5) is 17.8. The molecule has 0 aliphatic carbocycles. The van der Waals surface area contributed by atoms with Gasteiger partial charge in [0.2, 0.25) is 0 Å². The van der Waals surface area contributed by atoms with Gasteiger partial charge in [0.05, 0.1) is 12.5 Å². The molecule has 4 heteroatoms. The van der Waals surface area contributed by atoms with Crippen LogP contribution in [0.3, 0.4) is 0 Å². The number of rotatable bonds is 4. The van der Waals surface area contributed by atoms with Crippen LogP contribution in [0.4, 0.5) is 0 Å². The molecule has 0 bridgehead atoms. The Hall–Kier alpha value is -0.830. The van der Waals surface area contributed by atoms with E-state index in [0.717, 1.165) is 12.8 Å². The lowest BCUT2D eigenvalue weighted by Crippen LogP contribution is -1.98. The molecular formula is C8H13ClN2O. The van der Waals surface area contributed by atoms with Gasteiger partial charge in [0.15, 0.2) is 5.78 Å². The third-order valence-corrected chi connectivity index (χ3v) is 1.56. The predicted molar refractivity (Wildman–Crippen MR) is 49.7 cm³/mol. The molecule has 0 fully saturated rings. The third kappa shape index (κ3) is 3.05. The van der Waals surface area contributed by atoms with Crippen LogP contribution in [0.5, 0.6) is 0 Å². The Labute approximate surface area is 78.0 Å². The Balaban J connectivity index is 0.00000121. The van der Waals surface area contributed by atoms with E-state index in [1.807, 2.05) is 0 Å². The van der Waals surface area contributed by atoms with Gasteiger partial charge in [-0.3, -0.25) is 4.79 Å². The number of ketones is 1. The number of unbranched alkanes of at least 4 members (excludes halogenated alkanes) is 1. The lowest BCUT2D eigenvalue weighted by Gasteiger charge is -1.93. The molecule has 3 nitrogen and oxygen atoms in total. The van der Waals surface area contributed by atoms with Crippen LogP contribution in [-0.4, -0.2) is 15.8 Å². The molecular weight excluding hydrogens is 176 g/mol. The second-order valence-electron chi connectivity index (χ2n) is 2.49. The van der Waals surface area contributed by atoms with Crippen LogP contribution in [0.2, 0.25) is 0 Å². The molecule has 1 rings (SSSR count). The van der Waals surface area contributed by atoms with E-state index in [1.54, 1.807) is 6.20 Å². The van der Waals surface area contributed by atoms with Gasteiger partial charge in [-0.1, -0.05) is 13.3 Å². The van der Waals surface area contributed by atoms with Crippen molar-refractivity contribution < 1.29 is 4.79 Å². The van der Waals surface area contributed by atoms with E-state index in [0.29, 0.717) is 12.1 Å². The Morgan fingerprint density at radius 1 is 1.67 bits per heavy atom. The number of carbonyl (C=O) groups excluding carboxylic acids is 1. The number of aromatic amines is 1. The minimum absolute atomic E-state index is 0. The van der Waals surface area contributed by atoms with Crippen LogP contribution in [0, 0.1) is 0 Å². The van der Waals surface area contributed by atoms with Crippen molar-refractivity contribution in [2.45, 2.75) is 26.2 Å². The van der Waals surface area contributed by atoms with Gasteiger partial charge in [0.1, 0.15) is 5.69 Å². The van der Waals surface area contributed by atoms with Crippen molar-refractivity contribution in [3.63, 3.8) is 0 Å². The van der Waals surface area contributed by atoms with Crippen molar-refractivity contribution >= 4 is 18.2 Å². The Bertz CT molecular complexity index is 221. The zero-order valence-corrected chi connectivity index (χ0v) is 7.86. The standard InChI is InChI=1S/C8H12N2O.ClH/c1-2-3-4-8(11)7-5-9-6-10-7;/h5-6H,2-4H2,1H3,(H,9,10);1H. The summed E-state index contributed by atoms with van der Waals surface area (Å²) in [7, 11) is 0. The average Bonchev–Trinajstić information content (AvgIpc) is 2.52. The number of carbonyl (C=O) groups is 1. The molecule has 0 amide bonds. The fourth-order valence-electron chi connectivity index (χ4n) is 0.880. The number of halogens is 1. The number of nitrogens with one attached hydrogen (secondary N) is 1. The molecule has 0 unspecified atom stereocenters. The maximum atomic E-state index is 11.2. The second kappa shape index (κ2) is 5.77. The summed E-state index contributed by atoms with van der Waals surface area (Å²) >= 11 is 0. The number of hydrogen-bond donors (Lipinski definition) is 1. The summed E-state index contributed by atoms with van der Waals surface area (Å²) in [6, 6.07) is 0. The topological polar surface area (TPSA) is 45.8 Å². The van der Waals surface area contributed by atoms with Crippen LogP contribution >= 0.6 is 12.4 Å². The van der Waals surface area contributed by atoms with Crippen molar-refractivity contribution in [2.24, 2.45) is 0 Å². The first kappa shape index (κ1) is 11.2. The maximum Gasteiger partial charge on any atom is 0.180 e. The van der Waals surface area contributed by atoms with Gasteiger partial charge in [-0.15, -0.1) is 12.4 Å². The second-order valence-corrected chi connectivity index (χ2v) is 2.49. The molecule has 1 N–H and O–H groups in total. The normalized spacial score (nSPS) is 9.08. The van der Waals surface area contributed by atoms with Crippen molar-refractivity contribution in [1.29, 1.82) is 0 Å². The smallest absolute Gasteiger partial charge is 0.180 e. The summed E-state index contributed by atoms with van der Waals surface area (Å²) in [5, 5.41) is 0. The fourth-order valence-corrected chi connectivity index (χ4v) is 0.880. The van der Waals surface area contributed by atoms with E-state index in [-0.39, 0.29) is 18.2 Å². The lowest BCUT2D eigenvalue weighted by molar-refractivity contribution is 0.0975. The minimum Gasteiger partial charge on any atom is -0.342 e.